The van der Waals surface area contributed by atoms with Crippen molar-refractivity contribution in [1.29, 1.82) is 0 Å². The number of aromatic nitrogens is 1. The normalized spacial score (nSPS) is 11.1. The molecule has 3 heteroatoms. The van der Waals surface area contributed by atoms with Crippen LogP contribution in [0.5, 0.6) is 0 Å². The molecule has 182 valence electrons. The first-order chi connectivity index (χ1) is 16.1. The minimum atomic E-state index is -0.825. The highest BCUT2D eigenvalue weighted by molar-refractivity contribution is 5.89. The summed E-state index contributed by atoms with van der Waals surface area (Å²) < 4.78 is 2.10. The molecule has 0 saturated heterocycles. The third kappa shape index (κ3) is 10.1. The Hall–Kier alpha value is -2.16. The molecule has 0 atom stereocenters. The van der Waals surface area contributed by atoms with Crippen LogP contribution in [0, 0.1) is 6.92 Å². The molecule has 0 aliphatic heterocycles. The average Bonchev–Trinajstić information content (AvgIpc) is 2.82. The molecule has 0 saturated carbocycles. The number of hydrogen-bond acceptors (Lipinski definition) is 1. The lowest BCUT2D eigenvalue weighted by Crippen LogP contribution is -2.36. The number of carboxylic acid groups (broad SMARTS) is 1. The van der Waals surface area contributed by atoms with Crippen molar-refractivity contribution < 1.29 is 14.5 Å². The van der Waals surface area contributed by atoms with Crippen molar-refractivity contribution in [3.8, 4) is 5.69 Å². The quantitative estimate of drug-likeness (QED) is 0.182. The molecule has 0 bridgehead atoms. The molecule has 3 nitrogen and oxygen atoms in total. The van der Waals surface area contributed by atoms with Gasteiger partial charge in [0.15, 0.2) is 11.9 Å². The van der Waals surface area contributed by atoms with Crippen LogP contribution >= 0.6 is 0 Å². The van der Waals surface area contributed by atoms with Crippen LogP contribution in [0.4, 0.5) is 0 Å². The molecule has 0 aliphatic rings. The maximum atomic E-state index is 11.8. The van der Waals surface area contributed by atoms with E-state index in [0.717, 1.165) is 29.8 Å². The molecule has 1 heterocycles. The van der Waals surface area contributed by atoms with Crippen molar-refractivity contribution in [2.75, 3.05) is 0 Å². The first kappa shape index (κ1) is 27.1. The van der Waals surface area contributed by atoms with Gasteiger partial charge >= 0.3 is 5.97 Å². The van der Waals surface area contributed by atoms with Gasteiger partial charge in [-0.25, -0.2) is 4.79 Å². The van der Waals surface area contributed by atoms with Crippen LogP contribution in [0.25, 0.3) is 5.69 Å². The van der Waals surface area contributed by atoms with Gasteiger partial charge in [0.1, 0.15) is 0 Å². The summed E-state index contributed by atoms with van der Waals surface area (Å²) in [6.07, 6.45) is 22.9. The molecule has 0 amide bonds. The molecular weight excluding hydrogens is 406 g/mol. The minimum absolute atomic E-state index is 0.449. The van der Waals surface area contributed by atoms with E-state index in [1.54, 1.807) is 6.07 Å². The highest BCUT2D eigenvalue weighted by atomic mass is 16.4. The standard InChI is InChI=1S/C30H45NO2/c1-3-4-5-6-7-8-9-10-11-12-13-14-15-16-20-23-28-26(2)31(25-24-29(28)30(32)33)27-21-18-17-19-22-27/h17-19,21-22,24-25H,3-16,20,23H2,1-2H3/p+1. The fourth-order valence-electron chi connectivity index (χ4n) is 4.76. The number of rotatable bonds is 18. The van der Waals surface area contributed by atoms with Crippen molar-refractivity contribution in [3.05, 3.63) is 59.4 Å². The Morgan fingerprint density at radius 2 is 1.21 bits per heavy atom. The molecule has 0 fully saturated rings. The minimum Gasteiger partial charge on any atom is -0.478 e. The van der Waals surface area contributed by atoms with Crippen molar-refractivity contribution >= 4 is 5.97 Å². The summed E-state index contributed by atoms with van der Waals surface area (Å²) in [6.45, 7) is 4.32. The molecule has 1 aromatic heterocycles. The molecule has 33 heavy (non-hydrogen) atoms. The third-order valence-corrected chi connectivity index (χ3v) is 6.81. The van der Waals surface area contributed by atoms with E-state index >= 15 is 0 Å². The maximum Gasteiger partial charge on any atom is 0.336 e. The lowest BCUT2D eigenvalue weighted by molar-refractivity contribution is -0.603. The van der Waals surface area contributed by atoms with Crippen molar-refractivity contribution in [2.24, 2.45) is 0 Å². The number of hydrogen-bond donors (Lipinski definition) is 1. The molecule has 1 aromatic carbocycles. The van der Waals surface area contributed by atoms with E-state index in [9.17, 15) is 9.90 Å². The zero-order valence-electron chi connectivity index (χ0n) is 21.2. The van der Waals surface area contributed by atoms with Crippen LogP contribution in [0.1, 0.15) is 125 Å². The van der Waals surface area contributed by atoms with Crippen LogP contribution in [0.15, 0.2) is 42.6 Å². The van der Waals surface area contributed by atoms with E-state index in [4.69, 9.17) is 0 Å². The number of unbranched alkanes of at least 4 members (excludes halogenated alkanes) is 14. The number of carboxylic acids is 1. The highest BCUT2D eigenvalue weighted by Gasteiger charge is 2.21. The van der Waals surface area contributed by atoms with Gasteiger partial charge in [-0.3, -0.25) is 0 Å². The molecule has 2 aromatic rings. The van der Waals surface area contributed by atoms with Gasteiger partial charge in [0.2, 0.25) is 5.69 Å². The van der Waals surface area contributed by atoms with E-state index in [-0.39, 0.29) is 0 Å². The number of aromatic carboxylic acids is 1. The monoisotopic (exact) mass is 452 g/mol. The summed E-state index contributed by atoms with van der Waals surface area (Å²) in [6, 6.07) is 11.9. The molecule has 0 spiro atoms. The summed E-state index contributed by atoms with van der Waals surface area (Å²) in [4.78, 5) is 11.8. The number of benzene rings is 1. The largest absolute Gasteiger partial charge is 0.478 e. The SMILES string of the molecule is CCCCCCCCCCCCCCCCCc1c(C(=O)O)cc[n+](-c2ccccc2)c1C. The molecule has 2 rings (SSSR count). The number of nitrogens with zero attached hydrogens (tertiary/aromatic N) is 1. The van der Waals surface area contributed by atoms with Gasteiger partial charge in [0.25, 0.3) is 0 Å². The first-order valence-corrected chi connectivity index (χ1v) is 13.5. The second kappa shape index (κ2) is 16.5. The number of carbonyl (C=O) groups is 1. The average molecular weight is 453 g/mol. The van der Waals surface area contributed by atoms with Gasteiger partial charge in [-0.05, 0) is 12.8 Å². The lowest BCUT2D eigenvalue weighted by atomic mass is 9.98. The Labute approximate surface area is 202 Å². The molecular formula is C30H46NO2+. The molecule has 1 N–H and O–H groups in total. The fraction of sp³-hybridized carbons (Fsp3) is 0.600. The van der Waals surface area contributed by atoms with Gasteiger partial charge in [-0.2, -0.15) is 4.57 Å². The summed E-state index contributed by atoms with van der Waals surface area (Å²) in [5.74, 6) is -0.825. The molecule has 0 unspecified atom stereocenters. The van der Waals surface area contributed by atoms with Crippen LogP contribution in [0.2, 0.25) is 0 Å². The summed E-state index contributed by atoms with van der Waals surface area (Å²) in [5, 5.41) is 9.67. The Balaban J connectivity index is 1.64. The van der Waals surface area contributed by atoms with Crippen molar-refractivity contribution in [3.63, 3.8) is 0 Å². The van der Waals surface area contributed by atoms with Gasteiger partial charge in [-0.15, -0.1) is 0 Å². The second-order valence-electron chi connectivity index (χ2n) is 9.50. The zero-order chi connectivity index (χ0) is 23.7. The van der Waals surface area contributed by atoms with Gasteiger partial charge < -0.3 is 5.11 Å². The van der Waals surface area contributed by atoms with E-state index < -0.39 is 5.97 Å². The third-order valence-electron chi connectivity index (χ3n) is 6.81. The maximum absolute atomic E-state index is 11.8. The summed E-state index contributed by atoms with van der Waals surface area (Å²) in [7, 11) is 0. The highest BCUT2D eigenvalue weighted by Crippen LogP contribution is 2.18. The fourth-order valence-corrected chi connectivity index (χ4v) is 4.76. The van der Waals surface area contributed by atoms with E-state index in [0.29, 0.717) is 5.56 Å². The van der Waals surface area contributed by atoms with Crippen LogP contribution in [-0.4, -0.2) is 11.1 Å². The lowest BCUT2D eigenvalue weighted by Gasteiger charge is -2.09. The number of pyridine rings is 1. The van der Waals surface area contributed by atoms with Crippen molar-refractivity contribution in [1.82, 2.24) is 0 Å². The summed E-state index contributed by atoms with van der Waals surface area (Å²) in [5.41, 5.74) is 3.53. The van der Waals surface area contributed by atoms with Crippen LogP contribution in [-0.2, 0) is 6.42 Å². The van der Waals surface area contributed by atoms with E-state index in [1.807, 2.05) is 31.3 Å². The van der Waals surface area contributed by atoms with Gasteiger partial charge in [0.05, 0.1) is 5.56 Å². The Morgan fingerprint density at radius 3 is 1.70 bits per heavy atom. The van der Waals surface area contributed by atoms with Gasteiger partial charge in [0, 0.05) is 30.7 Å². The second-order valence-corrected chi connectivity index (χ2v) is 9.50. The Kier molecular flexibility index (Phi) is 13.5. The number of para-hydroxylation sites is 1. The van der Waals surface area contributed by atoms with Crippen molar-refractivity contribution in [2.45, 2.75) is 117 Å². The predicted molar refractivity (Wildman–Crippen MR) is 138 cm³/mol. The topological polar surface area (TPSA) is 41.2 Å². The van der Waals surface area contributed by atoms with E-state index in [2.05, 4.69) is 23.6 Å². The van der Waals surface area contributed by atoms with Crippen LogP contribution < -0.4 is 4.57 Å². The zero-order valence-corrected chi connectivity index (χ0v) is 21.2. The first-order valence-electron chi connectivity index (χ1n) is 13.5. The predicted octanol–water partition coefficient (Wildman–Crippen LogP) is 8.38. The molecule has 0 aliphatic carbocycles. The molecule has 0 radical (unpaired) electrons. The van der Waals surface area contributed by atoms with Crippen LogP contribution in [0.3, 0.4) is 0 Å². The van der Waals surface area contributed by atoms with Gasteiger partial charge in [-0.1, -0.05) is 115 Å². The smallest absolute Gasteiger partial charge is 0.336 e. The Bertz CT molecular complexity index is 800. The Morgan fingerprint density at radius 1 is 0.727 bits per heavy atom. The summed E-state index contributed by atoms with van der Waals surface area (Å²) >= 11 is 0. The van der Waals surface area contributed by atoms with E-state index in [1.165, 1.54) is 89.9 Å².